The third kappa shape index (κ3) is 7.88. The number of amides is 3. The second kappa shape index (κ2) is 12.6. The molecule has 0 aromatic heterocycles. The number of aromatic carboxylic acids is 1. The van der Waals surface area contributed by atoms with Crippen LogP contribution in [-0.4, -0.2) is 42.8 Å². The van der Waals surface area contributed by atoms with Gasteiger partial charge in [-0.2, -0.15) is 0 Å². The summed E-state index contributed by atoms with van der Waals surface area (Å²) >= 11 is 6.07. The van der Waals surface area contributed by atoms with Crippen molar-refractivity contribution >= 4 is 40.9 Å². The molecule has 3 amide bonds. The summed E-state index contributed by atoms with van der Waals surface area (Å²) in [7, 11) is 1.48. The van der Waals surface area contributed by atoms with Crippen LogP contribution in [0, 0.1) is 6.92 Å². The highest BCUT2D eigenvalue weighted by Crippen LogP contribution is 2.27. The quantitative estimate of drug-likeness (QED) is 0.291. The summed E-state index contributed by atoms with van der Waals surface area (Å²) in [5.74, 6) is -0.573. The van der Waals surface area contributed by atoms with Crippen LogP contribution in [0.2, 0.25) is 5.02 Å². The van der Waals surface area contributed by atoms with E-state index in [2.05, 4.69) is 16.0 Å². The molecule has 194 valence electrons. The third-order valence-corrected chi connectivity index (χ3v) is 5.64. The molecule has 0 heterocycles. The number of anilines is 2. The topological polar surface area (TPSA) is 126 Å². The zero-order chi connectivity index (χ0) is 26.9. The van der Waals surface area contributed by atoms with Crippen LogP contribution in [0.3, 0.4) is 0 Å². The maximum Gasteiger partial charge on any atom is 0.335 e. The first-order chi connectivity index (χ1) is 17.7. The van der Waals surface area contributed by atoms with E-state index >= 15 is 0 Å². The second-order valence-electron chi connectivity index (χ2n) is 8.34. The van der Waals surface area contributed by atoms with Crippen molar-refractivity contribution in [2.75, 3.05) is 24.4 Å². The van der Waals surface area contributed by atoms with Crippen LogP contribution in [0.25, 0.3) is 0 Å². The molecule has 0 aliphatic heterocycles. The largest absolute Gasteiger partial charge is 0.495 e. The van der Waals surface area contributed by atoms with Gasteiger partial charge in [-0.15, -0.1) is 0 Å². The number of urea groups is 1. The molecule has 9 nitrogen and oxygen atoms in total. The van der Waals surface area contributed by atoms with Crippen molar-refractivity contribution in [2.45, 2.75) is 26.3 Å². The Morgan fingerprint density at radius 2 is 1.70 bits per heavy atom. The van der Waals surface area contributed by atoms with Crippen molar-refractivity contribution in [1.82, 2.24) is 5.32 Å². The molecule has 3 aromatic rings. The number of halogens is 1. The van der Waals surface area contributed by atoms with Gasteiger partial charge in [0.05, 0.1) is 35.8 Å². The van der Waals surface area contributed by atoms with Gasteiger partial charge in [-0.1, -0.05) is 35.9 Å². The van der Waals surface area contributed by atoms with E-state index in [1.165, 1.54) is 25.3 Å². The first kappa shape index (κ1) is 27.3. The summed E-state index contributed by atoms with van der Waals surface area (Å²) in [5, 5.41) is 17.6. The van der Waals surface area contributed by atoms with Gasteiger partial charge in [0.2, 0.25) is 5.91 Å². The van der Waals surface area contributed by atoms with E-state index in [0.29, 0.717) is 28.4 Å². The molecule has 3 aromatic carbocycles. The number of hydrogen-bond donors (Lipinski definition) is 4. The molecular formula is C27H28ClN3O6. The van der Waals surface area contributed by atoms with Gasteiger partial charge in [0.25, 0.3) is 0 Å². The molecule has 4 N–H and O–H groups in total. The monoisotopic (exact) mass is 525 g/mol. The molecule has 10 heteroatoms. The van der Waals surface area contributed by atoms with Crippen molar-refractivity contribution in [3.05, 3.63) is 82.4 Å². The zero-order valence-corrected chi connectivity index (χ0v) is 21.4. The number of carboxylic acids is 1. The molecule has 37 heavy (non-hydrogen) atoms. The molecule has 0 aliphatic carbocycles. The van der Waals surface area contributed by atoms with Crippen molar-refractivity contribution in [2.24, 2.45) is 0 Å². The summed E-state index contributed by atoms with van der Waals surface area (Å²) in [5.41, 5.74) is 2.85. The van der Waals surface area contributed by atoms with Gasteiger partial charge in [0.15, 0.2) is 0 Å². The first-order valence-corrected chi connectivity index (χ1v) is 11.8. The Hall–Kier alpha value is -4.24. The van der Waals surface area contributed by atoms with Crippen molar-refractivity contribution < 1.29 is 29.0 Å². The van der Waals surface area contributed by atoms with E-state index in [1.807, 2.05) is 31.2 Å². The lowest BCUT2D eigenvalue weighted by Crippen LogP contribution is -2.37. The zero-order valence-electron chi connectivity index (χ0n) is 20.6. The van der Waals surface area contributed by atoms with E-state index in [4.69, 9.17) is 26.2 Å². The van der Waals surface area contributed by atoms with Crippen molar-refractivity contribution in [3.63, 3.8) is 0 Å². The fourth-order valence-electron chi connectivity index (χ4n) is 3.46. The van der Waals surface area contributed by atoms with Crippen LogP contribution in [0.15, 0.2) is 60.7 Å². The van der Waals surface area contributed by atoms with Crippen LogP contribution in [-0.2, 0) is 11.2 Å². The lowest BCUT2D eigenvalue weighted by Gasteiger charge is -2.17. The number of nitrogens with one attached hydrogen (secondary N) is 3. The Morgan fingerprint density at radius 3 is 2.38 bits per heavy atom. The Balaban J connectivity index is 1.53. The average molecular weight is 526 g/mol. The highest BCUT2D eigenvalue weighted by molar-refractivity contribution is 6.32. The van der Waals surface area contributed by atoms with Gasteiger partial charge in [-0.3, -0.25) is 4.79 Å². The highest BCUT2D eigenvalue weighted by atomic mass is 35.5. The van der Waals surface area contributed by atoms with Crippen molar-refractivity contribution in [1.29, 1.82) is 0 Å². The lowest BCUT2D eigenvalue weighted by molar-refractivity contribution is -0.121. The van der Waals surface area contributed by atoms with Crippen molar-refractivity contribution in [3.8, 4) is 11.5 Å². The normalized spacial score (nSPS) is 11.2. The summed E-state index contributed by atoms with van der Waals surface area (Å²) in [6.07, 6.45) is 0.0877. The van der Waals surface area contributed by atoms with Gasteiger partial charge < -0.3 is 30.5 Å². The molecule has 0 aliphatic rings. The highest BCUT2D eigenvalue weighted by Gasteiger charge is 2.14. The van der Waals surface area contributed by atoms with E-state index < -0.39 is 12.0 Å². The number of methoxy groups -OCH3 is 1. The molecule has 0 spiro atoms. The number of ether oxygens (including phenoxy) is 2. The van der Waals surface area contributed by atoms with Gasteiger partial charge in [0.1, 0.15) is 18.1 Å². The molecule has 0 fully saturated rings. The van der Waals surface area contributed by atoms with Crippen LogP contribution in [0.4, 0.5) is 16.2 Å². The second-order valence-corrected chi connectivity index (χ2v) is 8.74. The molecule has 0 bridgehead atoms. The minimum atomic E-state index is -1.08. The Bertz CT molecular complexity index is 1300. The summed E-state index contributed by atoms with van der Waals surface area (Å²) in [4.78, 5) is 36.0. The SMILES string of the molecule is COc1cc(CC(=O)NC(C)COc2ccc(C(=O)O)cc2Cl)ccc1NC(=O)Nc1ccccc1C. The maximum absolute atomic E-state index is 12.5. The van der Waals surface area contributed by atoms with Crippen LogP contribution < -0.4 is 25.4 Å². The average Bonchev–Trinajstić information content (AvgIpc) is 2.85. The lowest BCUT2D eigenvalue weighted by atomic mass is 10.1. The van der Waals surface area contributed by atoms with E-state index in [0.717, 1.165) is 5.56 Å². The first-order valence-electron chi connectivity index (χ1n) is 11.4. The minimum absolute atomic E-state index is 0.0577. The van der Waals surface area contributed by atoms with Gasteiger partial charge in [-0.05, 0) is 61.4 Å². The Labute approximate surface area is 219 Å². The molecule has 0 saturated heterocycles. The van der Waals surface area contributed by atoms with Gasteiger partial charge >= 0.3 is 12.0 Å². The number of carboxylic acid groups (broad SMARTS) is 1. The molecule has 0 saturated carbocycles. The van der Waals surface area contributed by atoms with Gasteiger partial charge in [-0.25, -0.2) is 9.59 Å². The Kier molecular flexibility index (Phi) is 9.34. The fourth-order valence-corrected chi connectivity index (χ4v) is 3.69. The Morgan fingerprint density at radius 1 is 0.973 bits per heavy atom. The molecular weight excluding hydrogens is 498 g/mol. The molecule has 3 rings (SSSR count). The van der Waals surface area contributed by atoms with Crippen LogP contribution >= 0.6 is 11.6 Å². The predicted molar refractivity (Wildman–Crippen MR) is 142 cm³/mol. The van der Waals surface area contributed by atoms with E-state index in [1.54, 1.807) is 25.1 Å². The number of hydrogen-bond acceptors (Lipinski definition) is 5. The third-order valence-electron chi connectivity index (χ3n) is 5.35. The summed E-state index contributed by atoms with van der Waals surface area (Å²) in [6.45, 7) is 3.81. The number of carbonyl (C=O) groups excluding carboxylic acids is 2. The van der Waals surface area contributed by atoms with Crippen LogP contribution in [0.1, 0.15) is 28.4 Å². The van der Waals surface area contributed by atoms with E-state index in [9.17, 15) is 14.4 Å². The summed E-state index contributed by atoms with van der Waals surface area (Å²) in [6, 6.07) is 16.0. The smallest absolute Gasteiger partial charge is 0.335 e. The maximum atomic E-state index is 12.5. The fraction of sp³-hybridized carbons (Fsp3) is 0.222. The number of carbonyl (C=O) groups is 3. The minimum Gasteiger partial charge on any atom is -0.495 e. The number of benzene rings is 3. The standard InChI is InChI=1S/C27H28ClN3O6/c1-16-6-4-5-7-21(16)30-27(35)31-22-10-8-18(12-24(22)36-3)13-25(32)29-17(2)15-37-23-11-9-19(26(33)34)14-20(23)28/h4-12,14,17H,13,15H2,1-3H3,(H,29,32)(H,33,34)(H2,30,31,35). The number of rotatable bonds is 10. The molecule has 0 radical (unpaired) electrons. The predicted octanol–water partition coefficient (Wildman–Crippen LogP) is 5.13. The van der Waals surface area contributed by atoms with Crippen LogP contribution in [0.5, 0.6) is 11.5 Å². The molecule has 1 atom stereocenters. The number of para-hydroxylation sites is 1. The van der Waals surface area contributed by atoms with Gasteiger partial charge in [0, 0.05) is 5.69 Å². The summed E-state index contributed by atoms with van der Waals surface area (Å²) < 4.78 is 11.0. The number of aryl methyl sites for hydroxylation is 1. The molecule has 1 unspecified atom stereocenters. The van der Waals surface area contributed by atoms with E-state index in [-0.39, 0.29) is 35.6 Å².